The van der Waals surface area contributed by atoms with Gasteiger partial charge in [0.1, 0.15) is 0 Å². The summed E-state index contributed by atoms with van der Waals surface area (Å²) >= 11 is 0. The topological polar surface area (TPSA) is 46.5 Å². The van der Waals surface area contributed by atoms with Crippen LogP contribution < -0.4 is 0 Å². The van der Waals surface area contributed by atoms with Crippen molar-refractivity contribution in [2.75, 3.05) is 7.11 Å². The number of esters is 1. The normalized spacial score (nSPS) is 35.2. The van der Waals surface area contributed by atoms with Crippen molar-refractivity contribution < 1.29 is 14.6 Å². The SMILES string of the molecule is COC(=O)C1C(C)CCCCC1O. The Bertz CT molecular complexity index is 167. The molecule has 0 heterocycles. The molecule has 3 unspecified atom stereocenters. The Morgan fingerprint density at radius 1 is 1.38 bits per heavy atom. The molecule has 1 saturated carbocycles. The molecule has 0 aliphatic heterocycles. The fraction of sp³-hybridized carbons (Fsp3) is 0.900. The van der Waals surface area contributed by atoms with Gasteiger partial charge in [-0.2, -0.15) is 0 Å². The highest BCUT2D eigenvalue weighted by Gasteiger charge is 2.34. The molecule has 1 aliphatic carbocycles. The second-order valence-electron chi connectivity index (χ2n) is 3.88. The van der Waals surface area contributed by atoms with Crippen molar-refractivity contribution in [3.63, 3.8) is 0 Å². The van der Waals surface area contributed by atoms with E-state index in [4.69, 9.17) is 0 Å². The van der Waals surface area contributed by atoms with Gasteiger partial charge in [0.05, 0.1) is 19.1 Å². The van der Waals surface area contributed by atoms with E-state index in [0.717, 1.165) is 25.7 Å². The lowest BCUT2D eigenvalue weighted by Crippen LogP contribution is -2.33. The molecule has 0 bridgehead atoms. The zero-order valence-electron chi connectivity index (χ0n) is 8.32. The van der Waals surface area contributed by atoms with Crippen molar-refractivity contribution in [3.8, 4) is 0 Å². The lowest BCUT2D eigenvalue weighted by atomic mass is 9.88. The highest BCUT2D eigenvalue weighted by atomic mass is 16.5. The van der Waals surface area contributed by atoms with E-state index >= 15 is 0 Å². The average Bonchev–Trinajstić information content (AvgIpc) is 2.27. The first-order chi connectivity index (χ1) is 6.16. The Kier molecular flexibility index (Phi) is 3.72. The Morgan fingerprint density at radius 2 is 2.00 bits per heavy atom. The first-order valence-corrected chi connectivity index (χ1v) is 4.92. The number of hydrogen-bond acceptors (Lipinski definition) is 3. The van der Waals surface area contributed by atoms with Gasteiger partial charge < -0.3 is 9.84 Å². The van der Waals surface area contributed by atoms with Gasteiger partial charge in [0.25, 0.3) is 0 Å². The van der Waals surface area contributed by atoms with E-state index in [1.54, 1.807) is 0 Å². The second-order valence-corrected chi connectivity index (χ2v) is 3.88. The van der Waals surface area contributed by atoms with Gasteiger partial charge in [-0.25, -0.2) is 0 Å². The summed E-state index contributed by atoms with van der Waals surface area (Å²) in [6.07, 6.45) is 3.34. The molecule has 76 valence electrons. The third kappa shape index (κ3) is 2.44. The molecule has 0 aromatic heterocycles. The van der Waals surface area contributed by atoms with Crippen LogP contribution >= 0.6 is 0 Å². The van der Waals surface area contributed by atoms with Crippen LogP contribution in [0.15, 0.2) is 0 Å². The van der Waals surface area contributed by atoms with Crippen LogP contribution in [0, 0.1) is 11.8 Å². The van der Waals surface area contributed by atoms with E-state index in [2.05, 4.69) is 4.74 Å². The maximum atomic E-state index is 11.4. The molecule has 1 rings (SSSR count). The number of methoxy groups -OCH3 is 1. The highest BCUT2D eigenvalue weighted by Crippen LogP contribution is 2.29. The molecule has 3 nitrogen and oxygen atoms in total. The minimum Gasteiger partial charge on any atom is -0.469 e. The minimum absolute atomic E-state index is 0.241. The van der Waals surface area contributed by atoms with E-state index in [9.17, 15) is 9.90 Å². The van der Waals surface area contributed by atoms with E-state index in [-0.39, 0.29) is 17.8 Å². The monoisotopic (exact) mass is 186 g/mol. The van der Waals surface area contributed by atoms with E-state index in [1.807, 2.05) is 6.92 Å². The molecule has 0 saturated heterocycles. The molecule has 0 aromatic rings. The van der Waals surface area contributed by atoms with Crippen molar-refractivity contribution >= 4 is 5.97 Å². The van der Waals surface area contributed by atoms with Crippen LogP contribution in [0.3, 0.4) is 0 Å². The van der Waals surface area contributed by atoms with Crippen LogP contribution in [0.25, 0.3) is 0 Å². The zero-order chi connectivity index (χ0) is 9.84. The van der Waals surface area contributed by atoms with Crippen molar-refractivity contribution in [2.45, 2.75) is 38.7 Å². The fourth-order valence-corrected chi connectivity index (χ4v) is 2.08. The van der Waals surface area contributed by atoms with Crippen molar-refractivity contribution in [1.29, 1.82) is 0 Å². The molecular formula is C10H18O3. The molecule has 3 heteroatoms. The van der Waals surface area contributed by atoms with Gasteiger partial charge in [-0.05, 0) is 18.8 Å². The summed E-state index contributed by atoms with van der Waals surface area (Å²) in [6.45, 7) is 2.01. The highest BCUT2D eigenvalue weighted by molar-refractivity contribution is 5.73. The fourth-order valence-electron chi connectivity index (χ4n) is 2.08. The first-order valence-electron chi connectivity index (χ1n) is 4.92. The molecule has 1 N–H and O–H groups in total. The van der Waals surface area contributed by atoms with Crippen molar-refractivity contribution in [3.05, 3.63) is 0 Å². The molecule has 0 aromatic carbocycles. The summed E-state index contributed by atoms with van der Waals surface area (Å²) < 4.78 is 4.69. The lowest BCUT2D eigenvalue weighted by Gasteiger charge is -2.22. The quantitative estimate of drug-likeness (QED) is 0.496. The van der Waals surface area contributed by atoms with Crippen molar-refractivity contribution in [2.24, 2.45) is 11.8 Å². The molecule has 0 amide bonds. The van der Waals surface area contributed by atoms with Gasteiger partial charge in [0, 0.05) is 0 Å². The zero-order valence-corrected chi connectivity index (χ0v) is 8.32. The molecule has 13 heavy (non-hydrogen) atoms. The lowest BCUT2D eigenvalue weighted by molar-refractivity contribution is -0.151. The number of rotatable bonds is 1. The van der Waals surface area contributed by atoms with Gasteiger partial charge in [0.2, 0.25) is 0 Å². The number of aliphatic hydroxyl groups is 1. The molecule has 0 spiro atoms. The number of ether oxygens (including phenoxy) is 1. The average molecular weight is 186 g/mol. The Labute approximate surface area is 79.1 Å². The first kappa shape index (κ1) is 10.5. The number of aliphatic hydroxyl groups excluding tert-OH is 1. The Balaban J connectivity index is 2.68. The maximum Gasteiger partial charge on any atom is 0.311 e. The minimum atomic E-state index is -0.509. The summed E-state index contributed by atoms with van der Waals surface area (Å²) in [7, 11) is 1.38. The van der Waals surface area contributed by atoms with Crippen LogP contribution in [0.5, 0.6) is 0 Å². The molecule has 1 fully saturated rings. The summed E-state index contributed by atoms with van der Waals surface area (Å²) in [4.78, 5) is 11.4. The summed E-state index contributed by atoms with van der Waals surface area (Å²) in [5.74, 6) is -0.334. The Morgan fingerprint density at radius 3 is 2.62 bits per heavy atom. The molecule has 3 atom stereocenters. The molecule has 1 aliphatic rings. The van der Waals surface area contributed by atoms with E-state index in [1.165, 1.54) is 7.11 Å². The predicted octanol–water partition coefficient (Wildman–Crippen LogP) is 1.35. The van der Waals surface area contributed by atoms with Crippen LogP contribution in [-0.4, -0.2) is 24.3 Å². The smallest absolute Gasteiger partial charge is 0.311 e. The summed E-state index contributed by atoms with van der Waals surface area (Å²) in [5, 5.41) is 9.72. The van der Waals surface area contributed by atoms with Gasteiger partial charge in [0.15, 0.2) is 0 Å². The maximum absolute atomic E-state index is 11.4. The third-order valence-electron chi connectivity index (χ3n) is 2.91. The second kappa shape index (κ2) is 4.61. The third-order valence-corrected chi connectivity index (χ3v) is 2.91. The number of carbonyl (C=O) groups is 1. The van der Waals surface area contributed by atoms with Crippen LogP contribution in [0.4, 0.5) is 0 Å². The summed E-state index contributed by atoms with van der Waals surface area (Å²) in [6, 6.07) is 0. The number of hydrogen-bond donors (Lipinski definition) is 1. The standard InChI is InChI=1S/C10H18O3/c1-7-5-3-4-6-8(11)9(7)10(12)13-2/h7-9,11H,3-6H2,1-2H3. The largest absolute Gasteiger partial charge is 0.469 e. The van der Waals surface area contributed by atoms with E-state index < -0.39 is 6.10 Å². The Hall–Kier alpha value is -0.570. The van der Waals surface area contributed by atoms with Crippen LogP contribution in [-0.2, 0) is 9.53 Å². The summed E-state index contributed by atoms with van der Waals surface area (Å²) in [5.41, 5.74) is 0. The molecular weight excluding hydrogens is 168 g/mol. The van der Waals surface area contributed by atoms with Gasteiger partial charge in [-0.3, -0.25) is 4.79 Å². The predicted molar refractivity (Wildman–Crippen MR) is 49.1 cm³/mol. The van der Waals surface area contributed by atoms with Gasteiger partial charge >= 0.3 is 5.97 Å². The van der Waals surface area contributed by atoms with E-state index in [0.29, 0.717) is 0 Å². The van der Waals surface area contributed by atoms with Crippen molar-refractivity contribution in [1.82, 2.24) is 0 Å². The molecule has 0 radical (unpaired) electrons. The van der Waals surface area contributed by atoms with Gasteiger partial charge in [-0.15, -0.1) is 0 Å². The van der Waals surface area contributed by atoms with Gasteiger partial charge in [-0.1, -0.05) is 19.8 Å². The van der Waals surface area contributed by atoms with Crippen LogP contribution in [0.1, 0.15) is 32.6 Å². The number of carbonyl (C=O) groups excluding carboxylic acids is 1. The van der Waals surface area contributed by atoms with Crippen LogP contribution in [0.2, 0.25) is 0 Å².